The molecular weight excluding hydrogens is 1590 g/mol. The first-order valence-corrected chi connectivity index (χ1v) is 43.9. The van der Waals surface area contributed by atoms with Crippen LogP contribution in [0.4, 0.5) is 17.6 Å². The molecule has 4 aliphatic heterocycles. The van der Waals surface area contributed by atoms with Gasteiger partial charge in [-0.05, 0) is 201 Å². The predicted molar refractivity (Wildman–Crippen MR) is 426 cm³/mol. The number of esters is 2. The van der Waals surface area contributed by atoms with Gasteiger partial charge in [0.15, 0.2) is 22.8 Å². The summed E-state index contributed by atoms with van der Waals surface area (Å²) >= 11 is 12.9. The van der Waals surface area contributed by atoms with Crippen molar-refractivity contribution < 1.29 is 101 Å². The highest BCUT2D eigenvalue weighted by molar-refractivity contribution is 7.92. The molecule has 12 rings (SSSR count). The minimum Gasteiger partial charge on any atom is -0.495 e. The Labute approximate surface area is 685 Å². The second-order valence-electron chi connectivity index (χ2n) is 35.0. The third kappa shape index (κ3) is 19.4. The lowest BCUT2D eigenvalue weighted by atomic mass is 9.79. The Hall–Kier alpha value is -7.70. The van der Waals surface area contributed by atoms with Gasteiger partial charge in [0.25, 0.3) is 12.9 Å². The lowest BCUT2D eigenvalue weighted by molar-refractivity contribution is -0.175. The number of ketones is 2. The first kappa shape index (κ1) is 89.1. The number of halogens is 6. The van der Waals surface area contributed by atoms with E-state index in [1.54, 1.807) is 62.6 Å². The molecule has 4 aromatic rings. The van der Waals surface area contributed by atoms with E-state index in [2.05, 4.69) is 19.4 Å². The average molecular weight is 1700 g/mol. The zero-order chi connectivity index (χ0) is 84.7. The molecule has 6 heterocycles. The van der Waals surface area contributed by atoms with Gasteiger partial charge >= 0.3 is 11.9 Å². The molecule has 2 saturated heterocycles. The number of methoxy groups -OCH3 is 2. The van der Waals surface area contributed by atoms with Crippen LogP contribution in [-0.2, 0) is 67.9 Å². The number of carbonyl (C=O) groups excluding carboxylic acids is 8. The van der Waals surface area contributed by atoms with Crippen molar-refractivity contribution in [2.45, 2.75) is 255 Å². The first-order chi connectivity index (χ1) is 54.5. The molecule has 8 aliphatic rings. The number of hydrogen-bond donors (Lipinski definition) is 2. The molecule has 24 nitrogen and oxygen atoms in total. The van der Waals surface area contributed by atoms with E-state index in [0.29, 0.717) is 120 Å². The number of aromatic nitrogens is 2. The number of hydrogen-bond acceptors (Lipinski definition) is 20. The highest BCUT2D eigenvalue weighted by atomic mass is 35.5. The van der Waals surface area contributed by atoms with Crippen molar-refractivity contribution in [1.29, 1.82) is 0 Å². The molecule has 14 atom stereocenters. The predicted octanol–water partition coefficient (Wildman–Crippen LogP) is 14.4. The molecule has 2 aromatic heterocycles. The van der Waals surface area contributed by atoms with E-state index in [-0.39, 0.29) is 87.0 Å². The Bertz CT molecular complexity index is 4440. The molecule has 0 spiro atoms. The summed E-state index contributed by atoms with van der Waals surface area (Å²) in [6.45, 7) is 15.3. The van der Waals surface area contributed by atoms with Gasteiger partial charge in [0.1, 0.15) is 23.7 Å². The van der Waals surface area contributed by atoms with Crippen LogP contribution in [0.5, 0.6) is 23.3 Å². The van der Waals surface area contributed by atoms with Crippen LogP contribution in [0.25, 0.3) is 21.5 Å². The van der Waals surface area contributed by atoms with Crippen LogP contribution >= 0.6 is 23.2 Å². The van der Waals surface area contributed by atoms with E-state index in [9.17, 15) is 63.2 Å². The number of sulfonamides is 2. The van der Waals surface area contributed by atoms with Crippen LogP contribution in [-0.4, -0.2) is 169 Å². The van der Waals surface area contributed by atoms with Gasteiger partial charge in [-0.2, -0.15) is 0 Å². The summed E-state index contributed by atoms with van der Waals surface area (Å²) in [5.74, 6) is -7.54. The van der Waals surface area contributed by atoms with Crippen LogP contribution in [0.2, 0.25) is 10.0 Å². The van der Waals surface area contributed by atoms with Gasteiger partial charge in [0, 0.05) is 48.8 Å². The van der Waals surface area contributed by atoms with Crippen LogP contribution in [0, 0.1) is 58.2 Å². The number of pyridine rings is 2. The molecule has 116 heavy (non-hydrogen) atoms. The van der Waals surface area contributed by atoms with Gasteiger partial charge in [-0.3, -0.25) is 47.8 Å². The van der Waals surface area contributed by atoms with E-state index in [0.717, 1.165) is 27.7 Å². The Morgan fingerprint density at radius 2 is 0.948 bits per heavy atom. The number of carbonyl (C=O) groups is 8. The van der Waals surface area contributed by atoms with E-state index in [4.69, 9.17) is 51.6 Å². The van der Waals surface area contributed by atoms with Gasteiger partial charge in [0.2, 0.25) is 55.4 Å². The summed E-state index contributed by atoms with van der Waals surface area (Å²) in [6.07, 6.45) is 8.54. The van der Waals surface area contributed by atoms with E-state index in [1.165, 1.54) is 24.0 Å². The largest absolute Gasteiger partial charge is 0.495 e. The molecule has 32 heteroatoms. The lowest BCUT2D eigenvalue weighted by Gasteiger charge is -2.34. The average Bonchev–Trinajstić information content (AvgIpc) is 1.57. The number of allylic oxidation sites excluding steroid dienone is 4. The third-order valence-electron chi connectivity index (χ3n) is 25.4. The lowest BCUT2D eigenvalue weighted by Crippen LogP contribution is -2.48. The van der Waals surface area contributed by atoms with Gasteiger partial charge in [0.05, 0.1) is 94.4 Å². The molecule has 2 N–H and O–H groups in total. The van der Waals surface area contributed by atoms with Crippen LogP contribution in [0.1, 0.15) is 198 Å². The van der Waals surface area contributed by atoms with Crippen molar-refractivity contribution in [2.75, 3.05) is 27.3 Å². The van der Waals surface area contributed by atoms with Gasteiger partial charge in [-0.1, -0.05) is 88.0 Å². The fourth-order valence-electron chi connectivity index (χ4n) is 16.9. The molecular formula is C84H108Cl2F4N6O18S2. The standard InChI is InChI=1S/2C42H54ClF2N3O9S/c2*1-7-25-16-24(2)10-8-9-11-27-21-42(27,39(52)47-58(53,54)41(5)13-14-41)22-33(49)32-18-28(56-36-29-19-31(43)34(55-6)17-26(29)12-15-46-36)23-48(32)37(51)30(25)20-35(50)57-40(3,4)38(44)45/h2*9,11-12,15,17,19,24-25,27-28,30,32,38H,7-8,10,13-14,16,18,20-23H2,1-6H3,(H,47,52)/b2*11-9-/t24-,25+,27+,28+,30-,32-,42+;24-,25-,27-,28-,30+,32+,42-/m01/s1. The normalized spacial score (nSPS) is 29.4. The van der Waals surface area contributed by atoms with E-state index < -0.39 is 172 Å². The molecule has 0 unspecified atom stereocenters. The third-order valence-corrected chi connectivity index (χ3v) is 30.3. The second kappa shape index (κ2) is 34.9. The van der Waals surface area contributed by atoms with E-state index >= 15 is 9.59 Å². The second-order valence-corrected chi connectivity index (χ2v) is 40.2. The van der Waals surface area contributed by atoms with E-state index in [1.807, 2.05) is 52.0 Å². The molecule has 2 aromatic carbocycles. The van der Waals surface area contributed by atoms with Gasteiger partial charge in [-0.15, -0.1) is 0 Å². The van der Waals surface area contributed by atoms with Crippen molar-refractivity contribution in [2.24, 2.45) is 58.2 Å². The zero-order valence-corrected chi connectivity index (χ0v) is 70.9. The molecule has 0 bridgehead atoms. The fraction of sp³-hybridized carbons (Fsp3) is 0.643. The summed E-state index contributed by atoms with van der Waals surface area (Å²) in [6, 6.07) is 8.03. The van der Waals surface area contributed by atoms with Crippen LogP contribution in [0.15, 0.2) is 73.1 Å². The van der Waals surface area contributed by atoms with Crippen molar-refractivity contribution in [1.82, 2.24) is 29.2 Å². The number of amides is 4. The number of benzene rings is 2. The molecule has 6 fully saturated rings. The summed E-state index contributed by atoms with van der Waals surface area (Å²) < 4.78 is 145. The maximum absolute atomic E-state index is 15.0. The van der Waals surface area contributed by atoms with Crippen LogP contribution < -0.4 is 28.4 Å². The monoisotopic (exact) mass is 1700 g/mol. The number of ether oxygens (including phenoxy) is 6. The summed E-state index contributed by atoms with van der Waals surface area (Å²) in [7, 11) is -5.04. The number of alkyl halides is 4. The molecule has 4 aliphatic carbocycles. The smallest absolute Gasteiger partial charge is 0.307 e. The Balaban J connectivity index is 0.000000228. The SMILES string of the molecule is CC[C@@H]1C[C@@H](C)CC/C=C\[C@@H]2C[C@@]2(C(=O)NS(=O)(=O)C2(C)CC2)CC(=O)[C@@H]2C[C@@H](Oc3nccc4cc(OC)c(Cl)cc34)CN2C(=O)[C@H]1CC(=O)OC(C)(C)C(F)F.CC[C@@H]1C[C@H](C)CC/C=C\[C@@H]2C[C@@]2(C(=O)NS(=O)(=O)C2(C)CC2)CC(=O)[C@@H]2C[C@@H](Oc3nccc4cc(OC)c(Cl)cc34)CN2C(=O)[C@H]1CC(=O)OC(C)(C)C(F)F. The highest BCUT2D eigenvalue weighted by Crippen LogP contribution is 2.60. The zero-order valence-electron chi connectivity index (χ0n) is 67.8. The van der Waals surface area contributed by atoms with Crippen molar-refractivity contribution in [3.8, 4) is 23.3 Å². The molecule has 636 valence electrons. The van der Waals surface area contributed by atoms with Crippen molar-refractivity contribution in [3.05, 3.63) is 83.1 Å². The quantitative estimate of drug-likeness (QED) is 0.0419. The number of nitrogens with zero attached hydrogens (tertiary/aromatic N) is 4. The Kier molecular flexibility index (Phi) is 26.8. The summed E-state index contributed by atoms with van der Waals surface area (Å²) in [4.78, 5) is 126. The molecule has 0 radical (unpaired) electrons. The van der Waals surface area contributed by atoms with Crippen molar-refractivity contribution >= 4 is 112 Å². The number of rotatable bonds is 22. The van der Waals surface area contributed by atoms with Gasteiger partial charge in [-0.25, -0.2) is 44.4 Å². The molecule has 4 saturated carbocycles. The minimum atomic E-state index is -4.01. The Morgan fingerprint density at radius 3 is 1.28 bits per heavy atom. The molecule has 4 amide bonds. The van der Waals surface area contributed by atoms with Crippen LogP contribution in [0.3, 0.4) is 0 Å². The summed E-state index contributed by atoms with van der Waals surface area (Å²) in [5, 5.41) is 3.19. The number of Topliss-reactive ketones (excluding diaryl/α,β-unsaturated/α-hetero) is 2. The Morgan fingerprint density at radius 1 is 0.586 bits per heavy atom. The first-order valence-electron chi connectivity index (χ1n) is 40.2. The minimum absolute atomic E-state index is 0.00385. The summed E-state index contributed by atoms with van der Waals surface area (Å²) in [5.41, 5.74) is -6.89. The maximum atomic E-state index is 15.0. The van der Waals surface area contributed by atoms with Gasteiger partial charge < -0.3 is 38.2 Å². The number of fused-ring (bicyclic) bond motifs is 6. The van der Waals surface area contributed by atoms with Crippen molar-refractivity contribution in [3.63, 3.8) is 0 Å². The topological polar surface area (TPSA) is 317 Å². The number of nitrogens with one attached hydrogen (secondary N) is 2. The fourth-order valence-corrected chi connectivity index (χ4v) is 20.1. The highest BCUT2D eigenvalue weighted by Gasteiger charge is 2.65. The maximum Gasteiger partial charge on any atom is 0.307 e.